The van der Waals surface area contributed by atoms with E-state index >= 15 is 0 Å². The molecule has 3 N–H and O–H groups in total. The Hall–Kier alpha value is -4.69. The summed E-state index contributed by atoms with van der Waals surface area (Å²) in [6.45, 7) is 0. The number of nitriles is 1. The van der Waals surface area contributed by atoms with Crippen LogP contribution in [0.15, 0.2) is 60.8 Å². The minimum atomic E-state index is -3.05. The zero-order valence-corrected chi connectivity index (χ0v) is 23.8. The Kier molecular flexibility index (Phi) is 8.74. The van der Waals surface area contributed by atoms with E-state index in [4.69, 9.17) is 16.9 Å². The van der Waals surface area contributed by atoms with Crippen LogP contribution in [0.1, 0.15) is 47.2 Å². The van der Waals surface area contributed by atoms with Gasteiger partial charge in [0.2, 0.25) is 0 Å². The highest BCUT2D eigenvalue weighted by molar-refractivity contribution is 6.33. The highest BCUT2D eigenvalue weighted by Crippen LogP contribution is 2.37. The second-order valence-electron chi connectivity index (χ2n) is 10.6. The van der Waals surface area contributed by atoms with Gasteiger partial charge in [0.15, 0.2) is 0 Å². The van der Waals surface area contributed by atoms with Gasteiger partial charge in [-0.1, -0.05) is 42.3 Å². The molecule has 226 valence electrons. The van der Waals surface area contributed by atoms with E-state index in [0.29, 0.717) is 51.0 Å². The van der Waals surface area contributed by atoms with Gasteiger partial charge in [-0.25, -0.2) is 22.4 Å². The van der Waals surface area contributed by atoms with Gasteiger partial charge in [0.25, 0.3) is 11.8 Å². The van der Waals surface area contributed by atoms with Gasteiger partial charge in [0.05, 0.1) is 23.2 Å². The van der Waals surface area contributed by atoms with E-state index in [2.05, 4.69) is 15.6 Å². The van der Waals surface area contributed by atoms with E-state index < -0.39 is 47.1 Å². The van der Waals surface area contributed by atoms with E-state index in [1.807, 2.05) is 6.07 Å². The Morgan fingerprint density at radius 2 is 1.82 bits per heavy atom. The number of anilines is 1. The number of carboxylic acid groups (broad SMARTS) is 1. The lowest BCUT2D eigenvalue weighted by Crippen LogP contribution is -2.43. The minimum Gasteiger partial charge on any atom is -0.480 e. The van der Waals surface area contributed by atoms with Crippen molar-refractivity contribution in [2.24, 2.45) is 0 Å². The van der Waals surface area contributed by atoms with Crippen molar-refractivity contribution in [1.29, 1.82) is 5.26 Å². The summed E-state index contributed by atoms with van der Waals surface area (Å²) in [5.74, 6) is -8.47. The van der Waals surface area contributed by atoms with Crippen molar-refractivity contribution in [2.45, 2.75) is 50.1 Å². The fourth-order valence-electron chi connectivity index (χ4n) is 5.43. The number of alkyl halides is 2. The SMILES string of the molecule is N#Cc1ccc(-c2ccc(C[C@H](NC(=O)c3c(F)cc(N[C@@H]4CCCCC4(F)F)cc3F)C(=O)O)c3cccnc23)c(Cl)c1. The van der Waals surface area contributed by atoms with Gasteiger partial charge in [-0.15, -0.1) is 0 Å². The second-order valence-corrected chi connectivity index (χ2v) is 11.0. The van der Waals surface area contributed by atoms with Gasteiger partial charge in [-0.2, -0.15) is 5.26 Å². The Balaban J connectivity index is 1.39. The lowest BCUT2D eigenvalue weighted by atomic mass is 9.91. The Morgan fingerprint density at radius 1 is 1.09 bits per heavy atom. The molecule has 1 saturated carbocycles. The number of hydrogen-bond donors (Lipinski definition) is 3. The first-order chi connectivity index (χ1) is 21.0. The van der Waals surface area contributed by atoms with E-state index in [0.717, 1.165) is 12.1 Å². The normalized spacial score (nSPS) is 16.6. The molecule has 0 bridgehead atoms. The fourth-order valence-corrected chi connectivity index (χ4v) is 5.71. The molecule has 12 heteroatoms. The van der Waals surface area contributed by atoms with Crippen molar-refractivity contribution in [3.05, 3.63) is 94.1 Å². The highest BCUT2D eigenvalue weighted by Gasteiger charge is 2.41. The van der Waals surface area contributed by atoms with Crippen molar-refractivity contribution in [1.82, 2.24) is 10.3 Å². The number of aromatic nitrogens is 1. The number of carbonyl (C=O) groups excluding carboxylic acids is 1. The zero-order chi connectivity index (χ0) is 31.6. The number of hydrogen-bond acceptors (Lipinski definition) is 5. The summed E-state index contributed by atoms with van der Waals surface area (Å²) >= 11 is 6.42. The zero-order valence-electron chi connectivity index (χ0n) is 23.0. The number of pyridine rings is 1. The van der Waals surface area contributed by atoms with E-state index in [-0.39, 0.29) is 24.9 Å². The quantitative estimate of drug-likeness (QED) is 0.180. The number of nitrogens with zero attached hydrogens (tertiary/aromatic N) is 2. The molecular formula is C32H25ClF4N4O3. The maximum absolute atomic E-state index is 15.0. The van der Waals surface area contributed by atoms with Crippen LogP contribution in [0.4, 0.5) is 23.2 Å². The monoisotopic (exact) mass is 624 g/mol. The molecule has 3 aromatic carbocycles. The highest BCUT2D eigenvalue weighted by atomic mass is 35.5. The van der Waals surface area contributed by atoms with Crippen LogP contribution in [0, 0.1) is 23.0 Å². The number of nitrogens with one attached hydrogen (secondary N) is 2. The van der Waals surface area contributed by atoms with E-state index in [1.54, 1.807) is 42.6 Å². The molecule has 1 aromatic heterocycles. The van der Waals surface area contributed by atoms with Crippen molar-refractivity contribution in [3.8, 4) is 17.2 Å². The smallest absolute Gasteiger partial charge is 0.326 e. The first-order valence-electron chi connectivity index (χ1n) is 13.7. The molecule has 1 fully saturated rings. The molecule has 1 amide bonds. The van der Waals surface area contributed by atoms with Crippen LogP contribution in [0.3, 0.4) is 0 Å². The van der Waals surface area contributed by atoms with Crippen molar-refractivity contribution in [3.63, 3.8) is 0 Å². The number of carboxylic acids is 1. The van der Waals surface area contributed by atoms with Gasteiger partial charge in [0, 0.05) is 46.3 Å². The first-order valence-corrected chi connectivity index (χ1v) is 14.1. The average Bonchev–Trinajstić information content (AvgIpc) is 2.97. The number of fused-ring (bicyclic) bond motifs is 1. The van der Waals surface area contributed by atoms with Crippen LogP contribution in [0.5, 0.6) is 0 Å². The van der Waals surface area contributed by atoms with Crippen LogP contribution >= 0.6 is 11.6 Å². The third kappa shape index (κ3) is 6.31. The van der Waals surface area contributed by atoms with Crippen molar-refractivity contribution in [2.75, 3.05) is 5.32 Å². The molecule has 0 radical (unpaired) electrons. The van der Waals surface area contributed by atoms with Crippen LogP contribution in [-0.2, 0) is 11.2 Å². The van der Waals surface area contributed by atoms with Crippen LogP contribution in [-0.4, -0.2) is 40.0 Å². The fraction of sp³-hybridized carbons (Fsp3) is 0.250. The van der Waals surface area contributed by atoms with Gasteiger partial charge < -0.3 is 15.7 Å². The third-order valence-corrected chi connectivity index (χ3v) is 7.96. The molecule has 1 aliphatic rings. The molecule has 0 unspecified atom stereocenters. The molecule has 44 heavy (non-hydrogen) atoms. The molecule has 0 spiro atoms. The summed E-state index contributed by atoms with van der Waals surface area (Å²) in [6, 6.07) is 12.1. The maximum atomic E-state index is 15.0. The van der Waals surface area contributed by atoms with Gasteiger partial charge >= 0.3 is 5.97 Å². The molecule has 0 saturated heterocycles. The van der Waals surface area contributed by atoms with Gasteiger partial charge in [-0.05, 0) is 48.7 Å². The Bertz CT molecular complexity index is 1790. The minimum absolute atomic E-state index is 0.116. The van der Waals surface area contributed by atoms with Gasteiger partial charge in [0.1, 0.15) is 23.2 Å². The molecule has 1 heterocycles. The summed E-state index contributed by atoms with van der Waals surface area (Å²) < 4.78 is 58.4. The molecule has 5 rings (SSSR count). The molecule has 0 aliphatic heterocycles. The Morgan fingerprint density at radius 3 is 2.48 bits per heavy atom. The van der Waals surface area contributed by atoms with E-state index in [1.165, 1.54) is 6.07 Å². The summed E-state index contributed by atoms with van der Waals surface area (Å²) in [7, 11) is 0. The molecule has 7 nitrogen and oxygen atoms in total. The molecule has 2 atom stereocenters. The number of rotatable bonds is 8. The largest absolute Gasteiger partial charge is 0.480 e. The Labute approximate surface area is 254 Å². The maximum Gasteiger partial charge on any atom is 0.326 e. The topological polar surface area (TPSA) is 115 Å². The van der Waals surface area contributed by atoms with Crippen molar-refractivity contribution < 1.29 is 32.3 Å². The third-order valence-electron chi connectivity index (χ3n) is 7.65. The number of benzene rings is 3. The predicted molar refractivity (Wildman–Crippen MR) is 157 cm³/mol. The predicted octanol–water partition coefficient (Wildman–Crippen LogP) is 7.12. The molecule has 4 aromatic rings. The number of aliphatic carboxylic acids is 1. The lowest BCUT2D eigenvalue weighted by Gasteiger charge is -2.32. The van der Waals surface area contributed by atoms with E-state index in [9.17, 15) is 32.3 Å². The lowest BCUT2D eigenvalue weighted by molar-refractivity contribution is -0.139. The average molecular weight is 625 g/mol. The second kappa shape index (κ2) is 12.5. The molecular weight excluding hydrogens is 600 g/mol. The van der Waals surface area contributed by atoms with Crippen LogP contribution in [0.25, 0.3) is 22.0 Å². The van der Waals surface area contributed by atoms with Crippen LogP contribution < -0.4 is 10.6 Å². The van der Waals surface area contributed by atoms with Crippen LogP contribution in [0.2, 0.25) is 5.02 Å². The number of carbonyl (C=O) groups is 2. The number of amides is 1. The van der Waals surface area contributed by atoms with Gasteiger partial charge in [-0.3, -0.25) is 9.78 Å². The molecule has 1 aliphatic carbocycles. The summed E-state index contributed by atoms with van der Waals surface area (Å²) in [6.07, 6.45) is 1.94. The first kappa shape index (κ1) is 30.8. The number of halogens is 5. The summed E-state index contributed by atoms with van der Waals surface area (Å²) in [4.78, 5) is 29.5. The standard InChI is InChI=1S/C32H25ClF4N4O3/c33-23-12-17(16-38)6-8-21(23)22-9-7-18(20-4-3-11-39-29(20)22)13-26(31(43)44)41-30(42)28-24(34)14-19(15-25(28)35)40-27-5-1-2-10-32(27,36)37/h3-4,6-9,11-12,14-15,26-27,40H,1-2,5,10,13H2,(H,41,42)(H,43,44)/t26-,27+/m0/s1. The summed E-state index contributed by atoms with van der Waals surface area (Å²) in [5, 5.41) is 24.6. The van der Waals surface area contributed by atoms with Crippen molar-refractivity contribution >= 4 is 40.1 Å². The summed E-state index contributed by atoms with van der Waals surface area (Å²) in [5.41, 5.74) is 1.27.